The minimum atomic E-state index is -0.186. The van der Waals surface area contributed by atoms with Gasteiger partial charge in [-0.15, -0.1) is 0 Å². The van der Waals surface area contributed by atoms with Gasteiger partial charge in [0.15, 0.2) is 0 Å². The number of aromatic nitrogens is 2. The summed E-state index contributed by atoms with van der Waals surface area (Å²) in [6.07, 6.45) is 5.60. The Morgan fingerprint density at radius 3 is 3.07 bits per heavy atom. The third-order valence-electron chi connectivity index (χ3n) is 1.96. The zero-order chi connectivity index (χ0) is 11.1. The number of hydrogen-bond acceptors (Lipinski definition) is 4. The standard InChI is InChI=1S/C9H16N4OS/c1-15-5-3-2-4-11-9(14)8-7(10)6-12-13-8/h6H,2-5,10H2,1H3,(H,11,14)(H,12,13). The molecule has 0 fully saturated rings. The smallest absolute Gasteiger partial charge is 0.271 e. The molecule has 15 heavy (non-hydrogen) atoms. The summed E-state index contributed by atoms with van der Waals surface area (Å²) >= 11 is 1.81. The van der Waals surface area contributed by atoms with Gasteiger partial charge in [-0.1, -0.05) is 0 Å². The highest BCUT2D eigenvalue weighted by atomic mass is 32.2. The summed E-state index contributed by atoms with van der Waals surface area (Å²) in [6, 6.07) is 0. The van der Waals surface area contributed by atoms with Crippen molar-refractivity contribution in [2.75, 3.05) is 24.3 Å². The number of anilines is 1. The second kappa shape index (κ2) is 6.34. The molecular formula is C9H16N4OS. The third kappa shape index (κ3) is 3.83. The van der Waals surface area contributed by atoms with Gasteiger partial charge in [-0.25, -0.2) is 0 Å². The minimum absolute atomic E-state index is 0.186. The number of unbranched alkanes of at least 4 members (excludes halogenated alkanes) is 1. The summed E-state index contributed by atoms with van der Waals surface area (Å²) in [5.74, 6) is 0.941. The van der Waals surface area contributed by atoms with Gasteiger partial charge in [0, 0.05) is 6.54 Å². The van der Waals surface area contributed by atoms with E-state index in [9.17, 15) is 4.79 Å². The van der Waals surface area contributed by atoms with Crippen molar-refractivity contribution in [1.29, 1.82) is 0 Å². The number of hydrogen-bond donors (Lipinski definition) is 3. The molecule has 6 heteroatoms. The van der Waals surface area contributed by atoms with Crippen molar-refractivity contribution in [2.24, 2.45) is 0 Å². The number of nitrogen functional groups attached to an aromatic ring is 1. The van der Waals surface area contributed by atoms with Gasteiger partial charge in [-0.2, -0.15) is 16.9 Å². The lowest BCUT2D eigenvalue weighted by Crippen LogP contribution is -2.25. The molecule has 0 bridgehead atoms. The van der Waals surface area contributed by atoms with Crippen LogP contribution >= 0.6 is 11.8 Å². The van der Waals surface area contributed by atoms with E-state index >= 15 is 0 Å². The van der Waals surface area contributed by atoms with Crippen LogP contribution in [0.25, 0.3) is 0 Å². The van der Waals surface area contributed by atoms with Crippen LogP contribution in [0.2, 0.25) is 0 Å². The maximum Gasteiger partial charge on any atom is 0.271 e. The number of amides is 1. The average Bonchev–Trinajstić information content (AvgIpc) is 2.64. The Morgan fingerprint density at radius 2 is 2.47 bits per heavy atom. The van der Waals surface area contributed by atoms with Gasteiger partial charge in [0.25, 0.3) is 5.91 Å². The summed E-state index contributed by atoms with van der Waals surface area (Å²) in [5.41, 5.74) is 6.27. The van der Waals surface area contributed by atoms with Gasteiger partial charge in [0.05, 0.1) is 11.9 Å². The highest BCUT2D eigenvalue weighted by Crippen LogP contribution is 2.05. The summed E-state index contributed by atoms with van der Waals surface area (Å²) < 4.78 is 0. The lowest BCUT2D eigenvalue weighted by Gasteiger charge is -2.03. The number of nitrogens with one attached hydrogen (secondary N) is 2. The number of aromatic amines is 1. The van der Waals surface area contributed by atoms with Crippen LogP contribution in [-0.4, -0.2) is 34.7 Å². The zero-order valence-electron chi connectivity index (χ0n) is 8.75. The predicted octanol–water partition coefficient (Wildman–Crippen LogP) is 0.865. The molecular weight excluding hydrogens is 212 g/mol. The van der Waals surface area contributed by atoms with Crippen LogP contribution in [-0.2, 0) is 0 Å². The molecule has 1 heterocycles. The molecule has 0 saturated carbocycles. The molecule has 5 nitrogen and oxygen atoms in total. The van der Waals surface area contributed by atoms with Crippen LogP contribution in [0.5, 0.6) is 0 Å². The fourth-order valence-corrected chi connectivity index (χ4v) is 1.63. The van der Waals surface area contributed by atoms with Gasteiger partial charge in [-0.3, -0.25) is 9.89 Å². The van der Waals surface area contributed by atoms with Crippen LogP contribution in [0.15, 0.2) is 6.20 Å². The Balaban J connectivity index is 2.22. The van der Waals surface area contributed by atoms with Crippen molar-refractivity contribution in [2.45, 2.75) is 12.8 Å². The molecule has 0 unspecified atom stereocenters. The highest BCUT2D eigenvalue weighted by Gasteiger charge is 2.09. The third-order valence-corrected chi connectivity index (χ3v) is 2.65. The lowest BCUT2D eigenvalue weighted by atomic mass is 10.3. The van der Waals surface area contributed by atoms with Crippen molar-refractivity contribution in [3.8, 4) is 0 Å². The van der Waals surface area contributed by atoms with E-state index in [0.717, 1.165) is 18.6 Å². The maximum absolute atomic E-state index is 11.5. The molecule has 0 saturated heterocycles. The first kappa shape index (κ1) is 11.9. The molecule has 1 aromatic heterocycles. The van der Waals surface area contributed by atoms with E-state index in [1.165, 1.54) is 6.20 Å². The molecule has 84 valence electrons. The van der Waals surface area contributed by atoms with Crippen molar-refractivity contribution in [3.63, 3.8) is 0 Å². The number of H-pyrrole nitrogens is 1. The van der Waals surface area contributed by atoms with Crippen LogP contribution in [0.3, 0.4) is 0 Å². The zero-order valence-corrected chi connectivity index (χ0v) is 9.56. The first-order valence-corrected chi connectivity index (χ1v) is 6.21. The highest BCUT2D eigenvalue weighted by molar-refractivity contribution is 7.98. The summed E-state index contributed by atoms with van der Waals surface area (Å²) in [7, 11) is 0. The van der Waals surface area contributed by atoms with Gasteiger partial charge >= 0.3 is 0 Å². The molecule has 1 rings (SSSR count). The second-order valence-electron chi connectivity index (χ2n) is 3.16. The van der Waals surface area contributed by atoms with E-state index < -0.39 is 0 Å². The number of rotatable bonds is 6. The van der Waals surface area contributed by atoms with Crippen molar-refractivity contribution < 1.29 is 4.79 Å². The molecule has 0 spiro atoms. The molecule has 1 amide bonds. The molecule has 0 atom stereocenters. The summed E-state index contributed by atoms with van der Waals surface area (Å²) in [6.45, 7) is 0.678. The van der Waals surface area contributed by atoms with Crippen LogP contribution in [0.1, 0.15) is 23.3 Å². The Labute approximate surface area is 93.2 Å². The van der Waals surface area contributed by atoms with Crippen molar-refractivity contribution in [3.05, 3.63) is 11.9 Å². The van der Waals surface area contributed by atoms with Crippen molar-refractivity contribution >= 4 is 23.4 Å². The second-order valence-corrected chi connectivity index (χ2v) is 4.14. The maximum atomic E-state index is 11.5. The summed E-state index contributed by atoms with van der Waals surface area (Å²) in [4.78, 5) is 11.5. The monoisotopic (exact) mass is 228 g/mol. The van der Waals surface area contributed by atoms with E-state index in [-0.39, 0.29) is 5.91 Å². The quantitative estimate of drug-likeness (QED) is 0.631. The molecule has 1 aromatic rings. The largest absolute Gasteiger partial charge is 0.396 e. The topological polar surface area (TPSA) is 83.8 Å². The predicted molar refractivity (Wildman–Crippen MR) is 62.9 cm³/mol. The van der Waals surface area contributed by atoms with Crippen molar-refractivity contribution in [1.82, 2.24) is 15.5 Å². The Morgan fingerprint density at radius 1 is 1.67 bits per heavy atom. The number of carbonyl (C=O) groups excluding carboxylic acids is 1. The molecule has 0 aliphatic heterocycles. The van der Waals surface area contributed by atoms with E-state index in [4.69, 9.17) is 5.73 Å². The molecule has 0 aromatic carbocycles. The normalized spacial score (nSPS) is 10.2. The molecule has 4 N–H and O–H groups in total. The SMILES string of the molecule is CSCCCCNC(=O)c1[nH]ncc1N. The Bertz CT molecular complexity index is 313. The van der Waals surface area contributed by atoms with E-state index in [2.05, 4.69) is 21.8 Å². The number of carbonyl (C=O) groups is 1. The van der Waals surface area contributed by atoms with E-state index in [0.29, 0.717) is 17.9 Å². The fourth-order valence-electron chi connectivity index (χ4n) is 1.14. The first-order chi connectivity index (χ1) is 7.25. The van der Waals surface area contributed by atoms with Gasteiger partial charge in [-0.05, 0) is 24.9 Å². The van der Waals surface area contributed by atoms with Crippen LogP contribution in [0.4, 0.5) is 5.69 Å². The molecule has 0 aliphatic rings. The Hall–Kier alpha value is -1.17. The number of nitrogens with two attached hydrogens (primary N) is 1. The molecule has 0 radical (unpaired) electrons. The average molecular weight is 228 g/mol. The number of nitrogens with zero attached hydrogens (tertiary/aromatic N) is 1. The fraction of sp³-hybridized carbons (Fsp3) is 0.556. The Kier molecular flexibility index (Phi) is 5.03. The van der Waals surface area contributed by atoms with Crippen LogP contribution in [0, 0.1) is 0 Å². The lowest BCUT2D eigenvalue weighted by molar-refractivity contribution is 0.0949. The van der Waals surface area contributed by atoms with E-state index in [1.54, 1.807) is 0 Å². The first-order valence-electron chi connectivity index (χ1n) is 4.81. The van der Waals surface area contributed by atoms with Crippen LogP contribution < -0.4 is 11.1 Å². The molecule has 0 aliphatic carbocycles. The van der Waals surface area contributed by atoms with Gasteiger partial charge < -0.3 is 11.1 Å². The van der Waals surface area contributed by atoms with E-state index in [1.807, 2.05) is 11.8 Å². The minimum Gasteiger partial charge on any atom is -0.396 e. The number of thioether (sulfide) groups is 1. The van der Waals surface area contributed by atoms with Gasteiger partial charge in [0.1, 0.15) is 5.69 Å². The van der Waals surface area contributed by atoms with Gasteiger partial charge in [0.2, 0.25) is 0 Å². The summed E-state index contributed by atoms with van der Waals surface area (Å²) in [5, 5.41) is 9.04.